The normalized spacial score (nSPS) is 13.8. The van der Waals surface area contributed by atoms with Crippen molar-refractivity contribution < 1.29 is 5.11 Å². The second-order valence-electron chi connectivity index (χ2n) is 2.64. The van der Waals surface area contributed by atoms with E-state index in [9.17, 15) is 0 Å². The van der Waals surface area contributed by atoms with E-state index in [0.29, 0.717) is 0 Å². The molecule has 0 amide bonds. The number of nitrogens with one attached hydrogen (secondary N) is 1. The lowest BCUT2D eigenvalue weighted by molar-refractivity contribution is 0.251. The Morgan fingerprint density at radius 1 is 1.62 bits per heavy atom. The van der Waals surface area contributed by atoms with Crippen LogP contribution in [-0.2, 0) is 0 Å². The molecule has 0 saturated heterocycles. The Morgan fingerprint density at radius 2 is 2.23 bits per heavy atom. The number of nitrogens with two attached hydrogens (primary N) is 1. The zero-order valence-electron chi connectivity index (χ0n) is 7.30. The van der Waals surface area contributed by atoms with Crippen LogP contribution in [0.15, 0.2) is 12.5 Å². The number of aromatic nitrogens is 2. The molecule has 2 unspecified atom stereocenters. The molecule has 0 bridgehead atoms. The molecule has 1 rings (SSSR count). The molecule has 4 nitrogen and oxygen atoms in total. The highest BCUT2D eigenvalue weighted by molar-refractivity contribution is 5.85. The molecule has 1 aromatic heterocycles. The van der Waals surface area contributed by atoms with Crippen LogP contribution in [0.4, 0.5) is 0 Å². The predicted molar refractivity (Wildman–Crippen MR) is 56.6 cm³/mol. The molecule has 2 atom stereocenters. The maximum Gasteiger partial charge on any atom is 0.0921 e. The third-order valence-electron chi connectivity index (χ3n) is 1.86. The molecular formula is C7H15Cl2N3O. The van der Waals surface area contributed by atoms with Gasteiger partial charge < -0.3 is 15.8 Å². The average Bonchev–Trinajstić information content (AvgIpc) is 2.53. The summed E-state index contributed by atoms with van der Waals surface area (Å²) in [5, 5.41) is 8.74. The molecule has 1 heterocycles. The van der Waals surface area contributed by atoms with Crippen molar-refractivity contribution in [2.24, 2.45) is 5.73 Å². The number of halogens is 2. The van der Waals surface area contributed by atoms with Crippen molar-refractivity contribution >= 4 is 24.8 Å². The molecule has 0 aliphatic rings. The van der Waals surface area contributed by atoms with Crippen molar-refractivity contribution in [2.75, 3.05) is 6.61 Å². The van der Waals surface area contributed by atoms with Crippen LogP contribution in [0.1, 0.15) is 18.5 Å². The van der Waals surface area contributed by atoms with Gasteiger partial charge in [-0.05, 0) is 0 Å². The molecule has 1 aromatic rings. The predicted octanol–water partition coefficient (Wildman–Crippen LogP) is 0.676. The van der Waals surface area contributed by atoms with Crippen molar-refractivity contribution in [1.29, 1.82) is 0 Å². The molecule has 6 heteroatoms. The van der Waals surface area contributed by atoms with Crippen LogP contribution in [0.5, 0.6) is 0 Å². The van der Waals surface area contributed by atoms with E-state index in [1.807, 2.05) is 6.92 Å². The highest BCUT2D eigenvalue weighted by atomic mass is 35.5. The van der Waals surface area contributed by atoms with E-state index in [-0.39, 0.29) is 43.4 Å². The van der Waals surface area contributed by atoms with Crippen molar-refractivity contribution in [3.8, 4) is 0 Å². The first-order chi connectivity index (χ1) is 5.25. The van der Waals surface area contributed by atoms with Gasteiger partial charge in [0, 0.05) is 23.9 Å². The fourth-order valence-corrected chi connectivity index (χ4v) is 0.904. The molecule has 78 valence electrons. The van der Waals surface area contributed by atoms with Gasteiger partial charge in [0.15, 0.2) is 0 Å². The van der Waals surface area contributed by atoms with Crippen molar-refractivity contribution in [2.45, 2.75) is 18.9 Å². The van der Waals surface area contributed by atoms with E-state index in [0.717, 1.165) is 5.69 Å². The lowest BCUT2D eigenvalue weighted by Crippen LogP contribution is -2.30. The Labute approximate surface area is 89.8 Å². The summed E-state index contributed by atoms with van der Waals surface area (Å²) in [6.07, 6.45) is 3.33. The molecule has 0 saturated carbocycles. The fourth-order valence-electron chi connectivity index (χ4n) is 0.904. The first-order valence-electron chi connectivity index (χ1n) is 3.60. The van der Waals surface area contributed by atoms with Gasteiger partial charge in [0.05, 0.1) is 12.9 Å². The first kappa shape index (κ1) is 15.2. The van der Waals surface area contributed by atoms with Crippen molar-refractivity contribution in [1.82, 2.24) is 9.97 Å². The molecule has 0 radical (unpaired) electrons. The van der Waals surface area contributed by atoms with E-state index in [2.05, 4.69) is 9.97 Å². The number of aliphatic hydroxyl groups excluding tert-OH is 1. The number of imidazole rings is 1. The van der Waals surface area contributed by atoms with E-state index < -0.39 is 0 Å². The van der Waals surface area contributed by atoms with Gasteiger partial charge in [-0.15, -0.1) is 24.8 Å². The van der Waals surface area contributed by atoms with Crippen LogP contribution < -0.4 is 5.73 Å². The average molecular weight is 228 g/mol. The minimum atomic E-state index is -0.213. The smallest absolute Gasteiger partial charge is 0.0921 e. The molecule has 13 heavy (non-hydrogen) atoms. The Kier molecular flexibility index (Phi) is 8.35. The summed E-state index contributed by atoms with van der Waals surface area (Å²) in [6.45, 7) is 1.95. The number of hydrogen-bond donors (Lipinski definition) is 3. The van der Waals surface area contributed by atoms with Crippen LogP contribution in [-0.4, -0.2) is 27.7 Å². The van der Waals surface area contributed by atoms with Gasteiger partial charge in [-0.2, -0.15) is 0 Å². The lowest BCUT2D eigenvalue weighted by Gasteiger charge is -2.15. The van der Waals surface area contributed by atoms with Crippen molar-refractivity contribution in [3.05, 3.63) is 18.2 Å². The molecule has 0 fully saturated rings. The zero-order chi connectivity index (χ0) is 8.27. The van der Waals surface area contributed by atoms with E-state index in [1.165, 1.54) is 0 Å². The highest BCUT2D eigenvalue weighted by Crippen LogP contribution is 2.13. The Bertz CT molecular complexity index is 206. The highest BCUT2D eigenvalue weighted by Gasteiger charge is 2.14. The Balaban J connectivity index is 0. The third kappa shape index (κ3) is 3.95. The van der Waals surface area contributed by atoms with Gasteiger partial charge in [-0.25, -0.2) is 4.98 Å². The number of aromatic amines is 1. The van der Waals surface area contributed by atoms with Crippen LogP contribution >= 0.6 is 24.8 Å². The fraction of sp³-hybridized carbons (Fsp3) is 0.571. The van der Waals surface area contributed by atoms with Crippen LogP contribution in [0.25, 0.3) is 0 Å². The topological polar surface area (TPSA) is 74.9 Å². The Hall–Kier alpha value is -0.290. The van der Waals surface area contributed by atoms with Gasteiger partial charge in [-0.3, -0.25) is 0 Å². The number of nitrogens with zero attached hydrogens (tertiary/aromatic N) is 1. The van der Waals surface area contributed by atoms with Crippen LogP contribution in [0, 0.1) is 0 Å². The van der Waals surface area contributed by atoms with Gasteiger partial charge in [0.25, 0.3) is 0 Å². The third-order valence-corrected chi connectivity index (χ3v) is 1.86. The summed E-state index contributed by atoms with van der Waals surface area (Å²) < 4.78 is 0. The van der Waals surface area contributed by atoms with Crippen LogP contribution in [0.2, 0.25) is 0 Å². The number of rotatable bonds is 3. The molecule has 4 N–H and O–H groups in total. The first-order valence-corrected chi connectivity index (χ1v) is 3.60. The summed E-state index contributed by atoms with van der Waals surface area (Å²) in [4.78, 5) is 6.82. The molecule has 0 aliphatic carbocycles. The maximum absolute atomic E-state index is 8.74. The maximum atomic E-state index is 8.74. The quantitative estimate of drug-likeness (QED) is 0.711. The largest absolute Gasteiger partial charge is 0.395 e. The van der Waals surface area contributed by atoms with Crippen LogP contribution in [0.3, 0.4) is 0 Å². The van der Waals surface area contributed by atoms with Gasteiger partial charge in [0.1, 0.15) is 0 Å². The molecule has 0 spiro atoms. The molecule has 0 aliphatic heterocycles. The lowest BCUT2D eigenvalue weighted by atomic mass is 10.0. The summed E-state index contributed by atoms with van der Waals surface area (Å²) in [5.74, 6) is 0.127. The van der Waals surface area contributed by atoms with E-state index in [1.54, 1.807) is 12.5 Å². The van der Waals surface area contributed by atoms with Crippen molar-refractivity contribution in [3.63, 3.8) is 0 Å². The second kappa shape index (κ2) is 7.15. The molecular weight excluding hydrogens is 213 g/mol. The van der Waals surface area contributed by atoms with E-state index in [4.69, 9.17) is 10.8 Å². The molecule has 0 aromatic carbocycles. The number of aliphatic hydroxyl groups is 1. The summed E-state index contributed by atoms with van der Waals surface area (Å²) in [6, 6.07) is -0.213. The summed E-state index contributed by atoms with van der Waals surface area (Å²) >= 11 is 0. The van der Waals surface area contributed by atoms with Gasteiger partial charge >= 0.3 is 0 Å². The summed E-state index contributed by atoms with van der Waals surface area (Å²) in [7, 11) is 0. The Morgan fingerprint density at radius 3 is 2.62 bits per heavy atom. The second-order valence-corrected chi connectivity index (χ2v) is 2.64. The summed E-state index contributed by atoms with van der Waals surface area (Å²) in [5.41, 5.74) is 6.57. The monoisotopic (exact) mass is 227 g/mol. The standard InChI is InChI=1S/C7H13N3O.2ClH/c1-5(6(8)3-11)7-2-9-4-10-7;;/h2,4-6,11H,3,8H2,1H3,(H,9,10);2*1H. The van der Waals surface area contributed by atoms with Gasteiger partial charge in [-0.1, -0.05) is 6.92 Å². The number of hydrogen-bond acceptors (Lipinski definition) is 3. The SMILES string of the molecule is CC(c1cnc[nH]1)C(N)CO.Cl.Cl. The zero-order valence-corrected chi connectivity index (χ0v) is 8.94. The number of H-pyrrole nitrogens is 1. The van der Waals surface area contributed by atoms with E-state index >= 15 is 0 Å². The minimum Gasteiger partial charge on any atom is -0.395 e. The van der Waals surface area contributed by atoms with Gasteiger partial charge in [0.2, 0.25) is 0 Å². The minimum absolute atomic E-state index is 0.